The van der Waals surface area contributed by atoms with Gasteiger partial charge in [-0.1, -0.05) is 23.6 Å². The van der Waals surface area contributed by atoms with Gasteiger partial charge >= 0.3 is 6.09 Å². The van der Waals surface area contributed by atoms with Gasteiger partial charge < -0.3 is 23.8 Å². The number of amides is 1. The maximum absolute atomic E-state index is 17.5. The van der Waals surface area contributed by atoms with Crippen LogP contribution in [0.2, 0.25) is 5.02 Å². The highest BCUT2D eigenvalue weighted by Crippen LogP contribution is 2.53. The number of benzene rings is 3. The highest BCUT2D eigenvalue weighted by Gasteiger charge is 2.54. The summed E-state index contributed by atoms with van der Waals surface area (Å²) in [6, 6.07) is 5.44. The zero-order valence-corrected chi connectivity index (χ0v) is 29.3. The van der Waals surface area contributed by atoms with Crippen molar-refractivity contribution in [1.29, 1.82) is 0 Å². The van der Waals surface area contributed by atoms with E-state index in [1.807, 2.05) is 46.4 Å². The second-order valence-electron chi connectivity index (χ2n) is 14.1. The lowest BCUT2D eigenvalue weighted by Crippen LogP contribution is -2.65. The van der Waals surface area contributed by atoms with Gasteiger partial charge in [0.25, 0.3) is 0 Å². The molecule has 3 aliphatic heterocycles. The molecule has 8 nitrogen and oxygen atoms in total. The predicted octanol–water partition coefficient (Wildman–Crippen LogP) is 8.31. The van der Waals surface area contributed by atoms with E-state index in [0.29, 0.717) is 50.9 Å². The Labute approximate surface area is 289 Å². The summed E-state index contributed by atoms with van der Waals surface area (Å²) in [7, 11) is 1.49. The van der Waals surface area contributed by atoms with Crippen molar-refractivity contribution in [3.63, 3.8) is 0 Å². The zero-order valence-electron chi connectivity index (χ0n) is 28.5. The van der Waals surface area contributed by atoms with Crippen LogP contribution in [0.3, 0.4) is 0 Å². The number of ether oxygens (including phenoxy) is 4. The van der Waals surface area contributed by atoms with Crippen LogP contribution in [0, 0.1) is 37.8 Å². The molecule has 0 spiro atoms. The maximum Gasteiger partial charge on any atom is 0.410 e. The summed E-state index contributed by atoms with van der Waals surface area (Å²) in [5, 5.41) is 1.59. The lowest BCUT2D eigenvalue weighted by atomic mass is 9.90. The predicted molar refractivity (Wildman–Crippen MR) is 186 cm³/mol. The molecular formula is C38H38ClF2N3O5. The number of rotatable bonds is 4. The number of fused-ring (bicyclic) bond motifs is 6. The lowest BCUT2D eigenvalue weighted by Gasteiger charge is -2.48. The minimum absolute atomic E-state index is 0.00255. The van der Waals surface area contributed by atoms with E-state index in [1.165, 1.54) is 13.2 Å². The number of nitrogens with zero attached hydrogens (tertiary/aromatic N) is 3. The molecule has 256 valence electrons. The summed E-state index contributed by atoms with van der Waals surface area (Å²) in [5.41, 5.74) is 0.813. The number of carbonyl (C=O) groups is 1. The molecule has 0 unspecified atom stereocenters. The first-order chi connectivity index (χ1) is 23.2. The van der Waals surface area contributed by atoms with Crippen LogP contribution in [0.15, 0.2) is 24.3 Å². The first kappa shape index (κ1) is 33.2. The van der Waals surface area contributed by atoms with Crippen LogP contribution >= 0.6 is 11.6 Å². The smallest absolute Gasteiger partial charge is 0.410 e. The average Bonchev–Trinajstić information content (AvgIpc) is 3.29. The topological polar surface area (TPSA) is 73.4 Å². The van der Waals surface area contributed by atoms with Gasteiger partial charge in [-0.15, -0.1) is 6.42 Å². The third-order valence-electron chi connectivity index (χ3n) is 9.92. The minimum atomic E-state index is -0.656. The highest BCUT2D eigenvalue weighted by molar-refractivity contribution is 6.37. The quantitative estimate of drug-likeness (QED) is 0.158. The zero-order chi connectivity index (χ0) is 35.1. The molecule has 4 atom stereocenters. The SMILES string of the molecule is C#Cc1c(F)ccc2cc(OCOC)cc(-c3c(Cl)c4c5c(nc(C)c(C)c5c3F)N3C[C@H]5CC[C@@H]([C@H]3[C@H](C)O4)N5C(=O)OC(C)(C)C)c12. The van der Waals surface area contributed by atoms with Crippen molar-refractivity contribution in [3.05, 3.63) is 57.7 Å². The molecule has 11 heteroatoms. The average molecular weight is 690 g/mol. The lowest BCUT2D eigenvalue weighted by molar-refractivity contribution is 0.00115. The summed E-state index contributed by atoms with van der Waals surface area (Å²) in [4.78, 5) is 22.6. The summed E-state index contributed by atoms with van der Waals surface area (Å²) in [6.07, 6.45) is 6.51. The molecule has 1 amide bonds. The largest absolute Gasteiger partial charge is 0.486 e. The Bertz CT molecular complexity index is 2090. The van der Waals surface area contributed by atoms with Crippen molar-refractivity contribution in [2.45, 2.75) is 84.2 Å². The molecule has 0 N–H and O–H groups in total. The first-order valence-electron chi connectivity index (χ1n) is 16.4. The number of aryl methyl sites for hydroxylation is 2. The fraction of sp³-hybridized carbons (Fsp3) is 0.421. The molecule has 2 saturated heterocycles. The van der Waals surface area contributed by atoms with Gasteiger partial charge in [-0.05, 0) is 89.1 Å². The molecule has 4 aromatic rings. The van der Waals surface area contributed by atoms with Crippen molar-refractivity contribution in [2.75, 3.05) is 25.3 Å². The molecule has 4 heterocycles. The number of halogens is 3. The Morgan fingerprint density at radius 1 is 1.16 bits per heavy atom. The van der Waals surface area contributed by atoms with Crippen molar-refractivity contribution >= 4 is 45.1 Å². The van der Waals surface area contributed by atoms with Gasteiger partial charge in [0, 0.05) is 35.7 Å². The fourth-order valence-corrected chi connectivity index (χ4v) is 8.19. The molecule has 1 aromatic heterocycles. The second-order valence-corrected chi connectivity index (χ2v) is 14.4. The Kier molecular flexibility index (Phi) is 8.07. The molecule has 49 heavy (non-hydrogen) atoms. The van der Waals surface area contributed by atoms with Gasteiger partial charge in [0.1, 0.15) is 34.9 Å². The minimum Gasteiger partial charge on any atom is -0.486 e. The van der Waals surface area contributed by atoms with Gasteiger partial charge in [-0.25, -0.2) is 18.6 Å². The van der Waals surface area contributed by atoms with Crippen LogP contribution in [-0.4, -0.2) is 66.3 Å². The molecule has 2 fully saturated rings. The Morgan fingerprint density at radius 2 is 1.92 bits per heavy atom. The van der Waals surface area contributed by atoms with Gasteiger partial charge in [0.15, 0.2) is 12.5 Å². The molecule has 0 saturated carbocycles. The number of anilines is 1. The van der Waals surface area contributed by atoms with E-state index in [1.54, 1.807) is 18.2 Å². The molecule has 0 radical (unpaired) electrons. The van der Waals surface area contributed by atoms with Crippen molar-refractivity contribution in [2.24, 2.45) is 0 Å². The number of hydrogen-bond donors (Lipinski definition) is 0. The van der Waals surface area contributed by atoms with E-state index in [0.717, 1.165) is 12.8 Å². The molecule has 0 aliphatic carbocycles. The van der Waals surface area contributed by atoms with Crippen LogP contribution in [0.25, 0.3) is 32.7 Å². The normalized spacial score (nSPS) is 21.3. The Balaban J connectivity index is 1.49. The maximum atomic E-state index is 17.5. The third kappa shape index (κ3) is 5.21. The molecular weight excluding hydrogens is 652 g/mol. The van der Waals surface area contributed by atoms with Crippen molar-refractivity contribution < 1.29 is 32.5 Å². The van der Waals surface area contributed by atoms with Crippen LogP contribution in [0.1, 0.15) is 57.4 Å². The number of methoxy groups -OCH3 is 1. The number of carbonyl (C=O) groups excluding carboxylic acids is 1. The number of terminal acetylenes is 1. The van der Waals surface area contributed by atoms with E-state index in [4.69, 9.17) is 42.0 Å². The standard InChI is InChI=1S/C38H38ClF2N3O5/c1-9-24-26(40)12-10-21-14-23(47-17-46-8)15-25(29(21)24)30-32(39)35-31-28(33(30)41)18(2)19(3)42-36(31)43-16-22-11-13-27(34(43)20(4)48-35)44(22)37(45)49-38(5,6)7/h1,10,12,14-15,20,22,27,34H,11,13,16-17H2,2-8H3/t20-,22+,27-,34+/m0/s1. The molecule has 2 bridgehead atoms. The third-order valence-corrected chi connectivity index (χ3v) is 10.3. The summed E-state index contributed by atoms with van der Waals surface area (Å²) >= 11 is 7.28. The van der Waals surface area contributed by atoms with Crippen molar-refractivity contribution in [3.8, 4) is 35.0 Å². The van der Waals surface area contributed by atoms with Gasteiger partial charge in [-0.3, -0.25) is 4.90 Å². The van der Waals surface area contributed by atoms with Crippen LogP contribution in [0.4, 0.5) is 19.4 Å². The van der Waals surface area contributed by atoms with E-state index in [9.17, 15) is 4.79 Å². The van der Waals surface area contributed by atoms with E-state index >= 15 is 8.78 Å². The summed E-state index contributed by atoms with van der Waals surface area (Å²) in [6.45, 7) is 11.5. The summed E-state index contributed by atoms with van der Waals surface area (Å²) < 4.78 is 56.3. The van der Waals surface area contributed by atoms with Crippen LogP contribution < -0.4 is 14.4 Å². The van der Waals surface area contributed by atoms with Gasteiger partial charge in [0.05, 0.1) is 34.1 Å². The van der Waals surface area contributed by atoms with Crippen LogP contribution in [0.5, 0.6) is 11.5 Å². The number of hydrogen-bond acceptors (Lipinski definition) is 7. The molecule has 3 aromatic carbocycles. The van der Waals surface area contributed by atoms with Crippen molar-refractivity contribution in [1.82, 2.24) is 9.88 Å². The van der Waals surface area contributed by atoms with E-state index in [2.05, 4.69) is 10.8 Å². The fourth-order valence-electron chi connectivity index (χ4n) is 7.86. The van der Waals surface area contributed by atoms with Gasteiger partial charge in [-0.2, -0.15) is 0 Å². The number of piperazine rings is 1. The van der Waals surface area contributed by atoms with Gasteiger partial charge in [0.2, 0.25) is 0 Å². The Morgan fingerprint density at radius 3 is 2.61 bits per heavy atom. The Hall–Kier alpha value is -4.33. The number of pyridine rings is 1. The van der Waals surface area contributed by atoms with E-state index in [-0.39, 0.29) is 58.5 Å². The monoisotopic (exact) mass is 689 g/mol. The number of aromatic nitrogens is 1. The molecule has 7 rings (SSSR count). The first-order valence-corrected chi connectivity index (χ1v) is 16.7. The highest BCUT2D eigenvalue weighted by atomic mass is 35.5. The van der Waals surface area contributed by atoms with Crippen LogP contribution in [-0.2, 0) is 9.47 Å². The van der Waals surface area contributed by atoms with E-state index < -0.39 is 23.3 Å². The molecule has 3 aliphatic rings. The second kappa shape index (κ2) is 11.9. The summed E-state index contributed by atoms with van der Waals surface area (Å²) in [5.74, 6) is 2.38.